The van der Waals surface area contributed by atoms with Crippen LogP contribution in [0, 0.1) is 19.8 Å². The van der Waals surface area contributed by atoms with Gasteiger partial charge in [-0.25, -0.2) is 9.97 Å². The number of hydrogen-bond donors (Lipinski definition) is 2. The van der Waals surface area contributed by atoms with Crippen molar-refractivity contribution >= 4 is 22.6 Å². The molecule has 9 nitrogen and oxygen atoms in total. The topological polar surface area (TPSA) is 113 Å². The zero-order chi connectivity index (χ0) is 22.8. The maximum atomic E-state index is 13.0. The largest absolute Gasteiger partial charge is 0.361 e. The predicted molar refractivity (Wildman–Crippen MR) is 125 cm³/mol. The zero-order valence-corrected chi connectivity index (χ0v) is 18.8. The van der Waals surface area contributed by atoms with Gasteiger partial charge in [-0.2, -0.15) is 4.98 Å². The number of para-hydroxylation sites is 1. The third-order valence-electron chi connectivity index (χ3n) is 6.11. The summed E-state index contributed by atoms with van der Waals surface area (Å²) < 4.78 is 5.37. The molecule has 33 heavy (non-hydrogen) atoms. The van der Waals surface area contributed by atoms with Crippen LogP contribution < -0.4 is 10.2 Å². The average Bonchev–Trinajstić information content (AvgIpc) is 3.45. The number of hydrogen-bond acceptors (Lipinski definition) is 7. The van der Waals surface area contributed by atoms with E-state index in [9.17, 15) is 4.79 Å². The maximum Gasteiger partial charge on any atom is 0.263 e. The van der Waals surface area contributed by atoms with Crippen LogP contribution in [0.25, 0.3) is 22.4 Å². The van der Waals surface area contributed by atoms with Gasteiger partial charge in [-0.1, -0.05) is 23.4 Å². The molecule has 1 fully saturated rings. The van der Waals surface area contributed by atoms with Crippen molar-refractivity contribution in [2.75, 3.05) is 24.5 Å². The fraction of sp³-hybridized carbons (Fsp3) is 0.375. The number of carbonyl (C=O) groups is 1. The third-order valence-corrected chi connectivity index (χ3v) is 6.11. The van der Waals surface area contributed by atoms with Gasteiger partial charge in [0, 0.05) is 42.9 Å². The van der Waals surface area contributed by atoms with Crippen molar-refractivity contribution in [3.63, 3.8) is 0 Å². The van der Waals surface area contributed by atoms with E-state index in [1.54, 1.807) is 13.1 Å². The summed E-state index contributed by atoms with van der Waals surface area (Å²) in [6.45, 7) is 5.64. The van der Waals surface area contributed by atoms with Crippen molar-refractivity contribution in [2.24, 2.45) is 5.92 Å². The van der Waals surface area contributed by atoms with Crippen molar-refractivity contribution in [2.45, 2.75) is 33.1 Å². The molecule has 0 bridgehead atoms. The number of fused-ring (bicyclic) bond motifs is 1. The molecule has 0 spiro atoms. The van der Waals surface area contributed by atoms with Gasteiger partial charge < -0.3 is 19.7 Å². The van der Waals surface area contributed by atoms with E-state index in [-0.39, 0.29) is 11.8 Å². The Bertz CT molecular complexity index is 1280. The van der Waals surface area contributed by atoms with Gasteiger partial charge in [-0.3, -0.25) is 4.79 Å². The summed E-state index contributed by atoms with van der Waals surface area (Å²) >= 11 is 0. The highest BCUT2D eigenvalue weighted by Crippen LogP contribution is 2.30. The first-order valence-corrected chi connectivity index (χ1v) is 11.3. The molecule has 0 radical (unpaired) electrons. The summed E-state index contributed by atoms with van der Waals surface area (Å²) in [6.07, 6.45) is 6.30. The first kappa shape index (κ1) is 21.1. The van der Waals surface area contributed by atoms with Crippen molar-refractivity contribution in [1.29, 1.82) is 0 Å². The average molecular weight is 446 g/mol. The number of carbonyl (C=O) groups excluding carboxylic acids is 1. The van der Waals surface area contributed by atoms with Crippen LogP contribution in [0.15, 0.2) is 41.2 Å². The molecule has 1 aromatic carbocycles. The smallest absolute Gasteiger partial charge is 0.263 e. The van der Waals surface area contributed by atoms with Crippen molar-refractivity contribution in [1.82, 2.24) is 30.4 Å². The van der Waals surface area contributed by atoms with Crippen LogP contribution in [0.3, 0.4) is 0 Å². The van der Waals surface area contributed by atoms with Crippen LogP contribution in [0.2, 0.25) is 0 Å². The molecule has 2 N–H and O–H groups in total. The highest BCUT2D eigenvalue weighted by atomic mass is 16.5. The van der Waals surface area contributed by atoms with Crippen molar-refractivity contribution in [3.8, 4) is 11.5 Å². The van der Waals surface area contributed by atoms with Crippen molar-refractivity contribution < 1.29 is 9.32 Å². The van der Waals surface area contributed by atoms with Gasteiger partial charge in [0.25, 0.3) is 5.89 Å². The number of rotatable bonds is 6. The SMILES string of the molecule is Cc1noc(-c2cnc(C)nc2N2CCCC(C(=O)NCCc3c[nH]c4ccccc34)C2)n1. The Hall–Kier alpha value is -3.75. The minimum absolute atomic E-state index is 0.0838. The molecular weight excluding hydrogens is 418 g/mol. The van der Waals surface area contributed by atoms with E-state index < -0.39 is 0 Å². The van der Waals surface area contributed by atoms with Gasteiger partial charge in [0.2, 0.25) is 5.91 Å². The minimum atomic E-state index is -0.103. The Kier molecular flexibility index (Phi) is 5.77. The number of nitrogens with zero attached hydrogens (tertiary/aromatic N) is 5. The van der Waals surface area contributed by atoms with Crippen LogP contribution in [0.1, 0.15) is 30.1 Å². The Morgan fingerprint density at radius 3 is 2.97 bits per heavy atom. The number of benzene rings is 1. The summed E-state index contributed by atoms with van der Waals surface area (Å²) in [6, 6.07) is 8.22. The summed E-state index contributed by atoms with van der Waals surface area (Å²) in [5, 5.41) is 8.23. The standard InChI is InChI=1S/C24H27N7O2/c1-15-26-13-20(24-29-16(2)30-33-24)22(28-15)31-11-5-6-18(14-31)23(32)25-10-9-17-12-27-21-8-4-3-7-19(17)21/h3-4,7-8,12-13,18,27H,5-6,9-11,14H2,1-2H3,(H,25,32). The number of aromatic amines is 1. The monoisotopic (exact) mass is 445 g/mol. The molecule has 4 heterocycles. The van der Waals surface area contributed by atoms with E-state index in [4.69, 9.17) is 4.52 Å². The number of aromatic nitrogens is 5. The zero-order valence-electron chi connectivity index (χ0n) is 18.8. The molecule has 3 aromatic heterocycles. The fourth-order valence-corrected chi connectivity index (χ4v) is 4.44. The van der Waals surface area contributed by atoms with Gasteiger partial charge in [0.05, 0.1) is 5.92 Å². The van der Waals surface area contributed by atoms with Crippen LogP contribution in [-0.4, -0.2) is 50.6 Å². The molecule has 1 aliphatic heterocycles. The quantitative estimate of drug-likeness (QED) is 0.469. The predicted octanol–water partition coefficient (Wildman–Crippen LogP) is 3.20. The van der Waals surface area contributed by atoms with E-state index in [0.717, 1.165) is 37.1 Å². The molecule has 170 valence electrons. The lowest BCUT2D eigenvalue weighted by atomic mass is 9.96. The second kappa shape index (κ2) is 9.01. The molecule has 4 aromatic rings. The van der Waals surface area contributed by atoms with E-state index in [1.807, 2.05) is 25.3 Å². The lowest BCUT2D eigenvalue weighted by Crippen LogP contribution is -2.44. The van der Waals surface area contributed by atoms with Crippen LogP contribution in [0.5, 0.6) is 0 Å². The molecule has 5 rings (SSSR count). The van der Waals surface area contributed by atoms with Gasteiger partial charge in [-0.05, 0) is 44.7 Å². The molecule has 1 atom stereocenters. The second-order valence-electron chi connectivity index (χ2n) is 8.49. The number of aryl methyl sites for hydroxylation is 2. The summed E-state index contributed by atoms with van der Waals surface area (Å²) in [4.78, 5) is 31.7. The molecule has 9 heteroatoms. The van der Waals surface area contributed by atoms with E-state index >= 15 is 0 Å². The summed E-state index contributed by atoms with van der Waals surface area (Å²) in [5.74, 6) is 2.34. The number of nitrogens with one attached hydrogen (secondary N) is 2. The number of anilines is 1. The van der Waals surface area contributed by atoms with Gasteiger partial charge in [-0.15, -0.1) is 0 Å². The molecule has 1 aliphatic rings. The van der Waals surface area contributed by atoms with Gasteiger partial charge >= 0.3 is 0 Å². The molecule has 1 unspecified atom stereocenters. The Morgan fingerprint density at radius 2 is 2.12 bits per heavy atom. The molecular formula is C24H27N7O2. The van der Waals surface area contributed by atoms with E-state index in [0.29, 0.717) is 36.2 Å². The molecule has 1 saturated heterocycles. The van der Waals surface area contributed by atoms with Crippen molar-refractivity contribution in [3.05, 3.63) is 53.9 Å². The number of amides is 1. The number of piperidine rings is 1. The molecule has 1 amide bonds. The lowest BCUT2D eigenvalue weighted by Gasteiger charge is -2.33. The van der Waals surface area contributed by atoms with Gasteiger partial charge in [0.15, 0.2) is 5.82 Å². The Balaban J connectivity index is 1.25. The van der Waals surface area contributed by atoms with Crippen LogP contribution >= 0.6 is 0 Å². The summed E-state index contributed by atoms with van der Waals surface area (Å²) in [5.41, 5.74) is 3.03. The minimum Gasteiger partial charge on any atom is -0.361 e. The maximum absolute atomic E-state index is 13.0. The first-order valence-electron chi connectivity index (χ1n) is 11.3. The molecule has 0 aliphatic carbocycles. The number of H-pyrrole nitrogens is 1. The lowest BCUT2D eigenvalue weighted by molar-refractivity contribution is -0.125. The second-order valence-corrected chi connectivity index (χ2v) is 8.49. The normalized spacial score (nSPS) is 16.3. The fourth-order valence-electron chi connectivity index (χ4n) is 4.44. The third kappa shape index (κ3) is 4.44. The summed E-state index contributed by atoms with van der Waals surface area (Å²) in [7, 11) is 0. The van der Waals surface area contributed by atoms with E-state index in [2.05, 4.69) is 47.4 Å². The highest BCUT2D eigenvalue weighted by Gasteiger charge is 2.29. The first-order chi connectivity index (χ1) is 16.1. The Labute approximate surface area is 191 Å². The van der Waals surface area contributed by atoms with Crippen LogP contribution in [-0.2, 0) is 11.2 Å². The van der Waals surface area contributed by atoms with Crippen LogP contribution in [0.4, 0.5) is 5.82 Å². The van der Waals surface area contributed by atoms with E-state index in [1.165, 1.54) is 10.9 Å². The Morgan fingerprint density at radius 1 is 1.24 bits per heavy atom. The van der Waals surface area contributed by atoms with Gasteiger partial charge in [0.1, 0.15) is 17.2 Å². The highest BCUT2D eigenvalue weighted by molar-refractivity contribution is 5.83. The molecule has 0 saturated carbocycles.